The molecule has 3 rings (SSSR count). The Balaban J connectivity index is 1.82. The van der Waals surface area contributed by atoms with Gasteiger partial charge in [0, 0.05) is 30.4 Å². The summed E-state index contributed by atoms with van der Waals surface area (Å²) in [6.45, 7) is -0.391. The number of hydrogen-bond acceptors (Lipinski definition) is 5. The SMILES string of the molecule is NC(=O)CNC(=O)[C@@]1(Cc2cscn2)C[C@H]2CC[C@@H]1N2CCC(F)(F)F. The average molecular weight is 390 g/mol. The molecule has 3 atom stereocenters. The minimum Gasteiger partial charge on any atom is -0.368 e. The highest BCUT2D eigenvalue weighted by Gasteiger charge is 2.59. The van der Waals surface area contributed by atoms with Crippen LogP contribution in [-0.4, -0.2) is 53.0 Å². The predicted octanol–water partition coefficient (Wildman–Crippen LogP) is 1.46. The van der Waals surface area contributed by atoms with Crippen LogP contribution in [0, 0.1) is 5.41 Å². The van der Waals surface area contributed by atoms with Gasteiger partial charge < -0.3 is 11.1 Å². The molecule has 2 fully saturated rings. The van der Waals surface area contributed by atoms with E-state index >= 15 is 0 Å². The van der Waals surface area contributed by atoms with Gasteiger partial charge in [-0.3, -0.25) is 14.5 Å². The van der Waals surface area contributed by atoms with Crippen molar-refractivity contribution < 1.29 is 22.8 Å². The number of aromatic nitrogens is 1. The van der Waals surface area contributed by atoms with Crippen LogP contribution in [0.25, 0.3) is 0 Å². The summed E-state index contributed by atoms with van der Waals surface area (Å²) in [5, 5.41) is 4.41. The summed E-state index contributed by atoms with van der Waals surface area (Å²) in [5.41, 5.74) is 6.65. The number of nitrogens with zero attached hydrogens (tertiary/aromatic N) is 2. The number of nitrogens with one attached hydrogen (secondary N) is 1. The molecule has 0 spiro atoms. The third-order valence-electron chi connectivity index (χ3n) is 5.39. The van der Waals surface area contributed by atoms with E-state index in [1.54, 1.807) is 5.51 Å². The van der Waals surface area contributed by atoms with Gasteiger partial charge in [-0.05, 0) is 19.3 Å². The maximum absolute atomic E-state index is 12.9. The molecule has 1 aromatic rings. The Kier molecular flexibility index (Phi) is 5.25. The van der Waals surface area contributed by atoms with E-state index in [0.29, 0.717) is 19.3 Å². The van der Waals surface area contributed by atoms with E-state index in [-0.39, 0.29) is 31.1 Å². The molecular formula is C16H21F3N4O2S. The first kappa shape index (κ1) is 19.1. The van der Waals surface area contributed by atoms with Crippen molar-refractivity contribution >= 4 is 23.2 Å². The molecule has 10 heteroatoms. The van der Waals surface area contributed by atoms with Crippen molar-refractivity contribution in [1.29, 1.82) is 0 Å². The number of nitrogens with two attached hydrogens (primary N) is 1. The minimum absolute atomic E-state index is 0.0553. The second kappa shape index (κ2) is 7.15. The minimum atomic E-state index is -4.23. The maximum atomic E-state index is 12.9. The summed E-state index contributed by atoms with van der Waals surface area (Å²) >= 11 is 1.41. The van der Waals surface area contributed by atoms with Crippen LogP contribution < -0.4 is 11.1 Å². The molecule has 0 aliphatic carbocycles. The van der Waals surface area contributed by atoms with Crippen molar-refractivity contribution in [2.24, 2.45) is 11.1 Å². The van der Waals surface area contributed by atoms with E-state index in [4.69, 9.17) is 5.73 Å². The third-order valence-corrected chi connectivity index (χ3v) is 6.02. The lowest BCUT2D eigenvalue weighted by atomic mass is 9.70. The van der Waals surface area contributed by atoms with Gasteiger partial charge in [0.05, 0.1) is 29.6 Å². The Morgan fingerprint density at radius 2 is 2.19 bits per heavy atom. The monoisotopic (exact) mass is 390 g/mol. The van der Waals surface area contributed by atoms with Crippen LogP contribution >= 0.6 is 11.3 Å². The fraction of sp³-hybridized carbons (Fsp3) is 0.688. The van der Waals surface area contributed by atoms with Crippen LogP contribution in [0.3, 0.4) is 0 Å². The summed E-state index contributed by atoms with van der Waals surface area (Å²) in [5.74, 6) is -0.979. The van der Waals surface area contributed by atoms with Crippen LogP contribution in [0.5, 0.6) is 0 Å². The van der Waals surface area contributed by atoms with Crippen LogP contribution in [0.2, 0.25) is 0 Å². The predicted molar refractivity (Wildman–Crippen MR) is 89.3 cm³/mol. The van der Waals surface area contributed by atoms with Crippen molar-refractivity contribution in [2.45, 2.75) is 50.4 Å². The van der Waals surface area contributed by atoms with E-state index < -0.39 is 23.9 Å². The van der Waals surface area contributed by atoms with Gasteiger partial charge >= 0.3 is 6.18 Å². The van der Waals surface area contributed by atoms with Crippen molar-refractivity contribution in [3.8, 4) is 0 Å². The molecule has 144 valence electrons. The number of hydrogen-bond donors (Lipinski definition) is 2. The van der Waals surface area contributed by atoms with Gasteiger partial charge in [-0.15, -0.1) is 11.3 Å². The lowest BCUT2D eigenvalue weighted by molar-refractivity contribution is -0.140. The van der Waals surface area contributed by atoms with Crippen LogP contribution in [0.1, 0.15) is 31.4 Å². The normalized spacial score (nSPS) is 28.4. The quantitative estimate of drug-likeness (QED) is 0.738. The summed E-state index contributed by atoms with van der Waals surface area (Å²) in [7, 11) is 0. The second-order valence-electron chi connectivity index (χ2n) is 7.02. The van der Waals surface area contributed by atoms with Crippen molar-refractivity contribution in [3.05, 3.63) is 16.6 Å². The van der Waals surface area contributed by atoms with Gasteiger partial charge in [-0.25, -0.2) is 4.98 Å². The first-order valence-electron chi connectivity index (χ1n) is 8.47. The molecule has 2 amide bonds. The smallest absolute Gasteiger partial charge is 0.368 e. The lowest BCUT2D eigenvalue weighted by Gasteiger charge is -2.36. The van der Waals surface area contributed by atoms with E-state index in [0.717, 1.165) is 12.1 Å². The van der Waals surface area contributed by atoms with Gasteiger partial charge in [0.15, 0.2) is 0 Å². The maximum Gasteiger partial charge on any atom is 0.390 e. The molecule has 0 aromatic carbocycles. The largest absolute Gasteiger partial charge is 0.390 e. The number of primary amides is 1. The molecule has 0 radical (unpaired) electrons. The summed E-state index contributed by atoms with van der Waals surface area (Å²) < 4.78 is 38.1. The van der Waals surface area contributed by atoms with E-state index in [9.17, 15) is 22.8 Å². The number of rotatable bonds is 7. The van der Waals surface area contributed by atoms with Crippen molar-refractivity contribution in [3.63, 3.8) is 0 Å². The second-order valence-corrected chi connectivity index (χ2v) is 7.73. The zero-order valence-electron chi connectivity index (χ0n) is 14.1. The first-order valence-corrected chi connectivity index (χ1v) is 9.42. The Hall–Kier alpha value is -1.68. The van der Waals surface area contributed by atoms with Crippen LogP contribution in [0.4, 0.5) is 13.2 Å². The highest BCUT2D eigenvalue weighted by atomic mass is 32.1. The van der Waals surface area contributed by atoms with E-state index in [2.05, 4.69) is 10.3 Å². The number of thiazole rings is 1. The highest BCUT2D eigenvalue weighted by molar-refractivity contribution is 7.07. The molecule has 26 heavy (non-hydrogen) atoms. The van der Waals surface area contributed by atoms with Gasteiger partial charge in [0.2, 0.25) is 11.8 Å². The zero-order valence-corrected chi connectivity index (χ0v) is 14.9. The molecule has 2 aliphatic rings. The molecule has 2 saturated heterocycles. The lowest BCUT2D eigenvalue weighted by Crippen LogP contribution is -2.52. The molecule has 3 heterocycles. The van der Waals surface area contributed by atoms with Gasteiger partial charge in [-0.1, -0.05) is 0 Å². The highest BCUT2D eigenvalue weighted by Crippen LogP contribution is 2.52. The van der Waals surface area contributed by atoms with Crippen LogP contribution in [-0.2, 0) is 16.0 Å². The topological polar surface area (TPSA) is 88.3 Å². The third kappa shape index (κ3) is 3.85. The van der Waals surface area contributed by atoms with Crippen LogP contribution in [0.15, 0.2) is 10.9 Å². The van der Waals surface area contributed by atoms with Crippen molar-refractivity contribution in [2.75, 3.05) is 13.1 Å². The number of halogens is 3. The number of carbonyl (C=O) groups is 2. The average Bonchev–Trinajstić information content (AvgIpc) is 3.25. The Labute approximate surface area is 152 Å². The molecule has 0 saturated carbocycles. The molecule has 3 N–H and O–H groups in total. The Bertz CT molecular complexity index is 667. The molecule has 2 aliphatic heterocycles. The summed E-state index contributed by atoms with van der Waals surface area (Å²) in [6, 6.07) is -0.343. The molecule has 2 bridgehead atoms. The Morgan fingerprint density at radius 1 is 1.42 bits per heavy atom. The van der Waals surface area contributed by atoms with E-state index in [1.165, 1.54) is 11.3 Å². The van der Waals surface area contributed by atoms with Gasteiger partial charge in [-0.2, -0.15) is 13.2 Å². The standard InChI is InChI=1S/C16H21F3N4O2S/c17-16(18,19)3-4-23-11-1-2-12(23)15(6-11,5-10-8-26-9-22-10)14(25)21-7-13(20)24/h8-9,11-12H,1-7H2,(H2,20,24)(H,21,25)/t11-,12+,15+/m1/s1. The molecule has 1 aromatic heterocycles. The number of amides is 2. The van der Waals surface area contributed by atoms with Crippen molar-refractivity contribution in [1.82, 2.24) is 15.2 Å². The van der Waals surface area contributed by atoms with Gasteiger partial charge in [0.25, 0.3) is 0 Å². The summed E-state index contributed by atoms with van der Waals surface area (Å²) in [6.07, 6.45) is -2.85. The Morgan fingerprint density at radius 3 is 2.81 bits per heavy atom. The number of carbonyl (C=O) groups excluding carboxylic acids is 2. The fourth-order valence-corrected chi connectivity index (χ4v) is 4.96. The molecule has 0 unspecified atom stereocenters. The molecular weight excluding hydrogens is 369 g/mol. The first-order chi connectivity index (χ1) is 12.2. The number of alkyl halides is 3. The fourth-order valence-electron chi connectivity index (χ4n) is 4.41. The van der Waals surface area contributed by atoms with Gasteiger partial charge in [0.1, 0.15) is 0 Å². The zero-order chi connectivity index (χ0) is 18.9. The number of fused-ring (bicyclic) bond motifs is 2. The summed E-state index contributed by atoms with van der Waals surface area (Å²) in [4.78, 5) is 30.0. The molecule has 6 nitrogen and oxygen atoms in total. The van der Waals surface area contributed by atoms with E-state index in [1.807, 2.05) is 10.3 Å².